The smallest absolute Gasteiger partial charge is 0.410 e. The van der Waals surface area contributed by atoms with E-state index in [0.29, 0.717) is 0 Å². The number of ether oxygens (including phenoxy) is 1. The molecule has 0 saturated carbocycles. The minimum absolute atomic E-state index is 0.0999. The average molecular weight is 287 g/mol. The molecule has 1 heterocycles. The minimum atomic E-state index is -0.887. The van der Waals surface area contributed by atoms with Gasteiger partial charge in [-0.25, -0.2) is 9.59 Å². The number of nitrogens with zero attached hydrogens (tertiary/aromatic N) is 1. The number of carbonyl (C=O) groups excluding carboxylic acids is 3. The summed E-state index contributed by atoms with van der Waals surface area (Å²) in [4.78, 5) is 45.4. The predicted molar refractivity (Wildman–Crippen MR) is 68.6 cm³/mol. The van der Waals surface area contributed by atoms with E-state index in [1.54, 1.807) is 20.8 Å². The van der Waals surface area contributed by atoms with Crippen LogP contribution >= 0.6 is 0 Å². The maximum absolute atomic E-state index is 11.9. The number of hydrogen-bond acceptors (Lipinski definition) is 6. The van der Waals surface area contributed by atoms with Crippen LogP contribution in [-0.4, -0.2) is 48.5 Å². The average Bonchev–Trinajstić information content (AvgIpc) is 2.49. The van der Waals surface area contributed by atoms with Gasteiger partial charge in [-0.1, -0.05) is 0 Å². The molecule has 0 aromatic rings. The quantitative estimate of drug-likeness (QED) is 0.432. The van der Waals surface area contributed by atoms with Crippen molar-refractivity contribution in [2.24, 2.45) is 5.92 Å². The molecule has 1 atom stereocenters. The lowest BCUT2D eigenvalue weighted by molar-refractivity contribution is -0.258. The molecule has 1 rings (SSSR count). The lowest BCUT2D eigenvalue weighted by atomic mass is 10.00. The maximum Gasteiger partial charge on any atom is 0.410 e. The standard InChI is InChI=1S/C13H21NO6/c1-13(2,3)19-12(17)14-7-5-9(10(15)6-8-14)11(16)20-18-4/h9H,5-8H2,1-4H3. The van der Waals surface area contributed by atoms with Crippen LogP contribution < -0.4 is 0 Å². The Bertz CT molecular complexity index is 387. The zero-order valence-corrected chi connectivity index (χ0v) is 12.3. The number of likely N-dealkylation sites (tertiary alicyclic amines) is 1. The molecule has 0 bridgehead atoms. The van der Waals surface area contributed by atoms with Crippen LogP contribution in [0, 0.1) is 5.92 Å². The Kier molecular flexibility index (Phi) is 5.50. The number of hydrogen-bond donors (Lipinski definition) is 0. The van der Waals surface area contributed by atoms with E-state index >= 15 is 0 Å². The van der Waals surface area contributed by atoms with Gasteiger partial charge in [0.25, 0.3) is 0 Å². The highest BCUT2D eigenvalue weighted by Crippen LogP contribution is 2.18. The molecule has 0 aliphatic carbocycles. The zero-order chi connectivity index (χ0) is 15.3. The molecule has 1 aliphatic rings. The first-order valence-electron chi connectivity index (χ1n) is 6.49. The van der Waals surface area contributed by atoms with Crippen LogP contribution in [0.5, 0.6) is 0 Å². The van der Waals surface area contributed by atoms with Gasteiger partial charge in [0.2, 0.25) is 0 Å². The monoisotopic (exact) mass is 287 g/mol. The molecule has 7 heteroatoms. The molecule has 0 N–H and O–H groups in total. The fourth-order valence-corrected chi connectivity index (χ4v) is 1.88. The van der Waals surface area contributed by atoms with E-state index in [0.717, 1.165) is 0 Å². The summed E-state index contributed by atoms with van der Waals surface area (Å²) in [7, 11) is 1.20. The molecular formula is C13H21NO6. The summed E-state index contributed by atoms with van der Waals surface area (Å²) in [5, 5.41) is 0. The number of carbonyl (C=O) groups is 3. The van der Waals surface area contributed by atoms with Crippen molar-refractivity contribution in [3.63, 3.8) is 0 Å². The Balaban J connectivity index is 2.64. The molecule has 0 aromatic carbocycles. The molecule has 114 valence electrons. The third-order valence-electron chi connectivity index (χ3n) is 2.81. The Morgan fingerprint density at radius 2 is 1.90 bits per heavy atom. The number of amides is 1. The van der Waals surface area contributed by atoms with Crippen molar-refractivity contribution in [3.8, 4) is 0 Å². The van der Waals surface area contributed by atoms with Gasteiger partial charge in [0.15, 0.2) is 0 Å². The van der Waals surface area contributed by atoms with E-state index < -0.39 is 23.6 Å². The number of rotatable bonds is 2. The first-order valence-corrected chi connectivity index (χ1v) is 6.49. The molecule has 1 saturated heterocycles. The molecule has 0 radical (unpaired) electrons. The van der Waals surface area contributed by atoms with Gasteiger partial charge in [-0.15, -0.1) is 0 Å². The fourth-order valence-electron chi connectivity index (χ4n) is 1.88. The van der Waals surface area contributed by atoms with Crippen LogP contribution in [0.25, 0.3) is 0 Å². The predicted octanol–water partition coefficient (Wildman–Crippen LogP) is 1.31. The molecule has 0 spiro atoms. The van der Waals surface area contributed by atoms with Gasteiger partial charge in [0.05, 0.1) is 7.11 Å². The van der Waals surface area contributed by atoms with E-state index in [9.17, 15) is 14.4 Å². The second-order valence-electron chi connectivity index (χ2n) is 5.59. The number of ketones is 1. The maximum atomic E-state index is 11.9. The summed E-state index contributed by atoms with van der Waals surface area (Å²) < 4.78 is 5.25. The van der Waals surface area contributed by atoms with Crippen molar-refractivity contribution < 1.29 is 28.9 Å². The SMILES string of the molecule is COOC(=O)C1CCN(C(=O)OC(C)(C)C)CCC1=O. The molecule has 0 aromatic heterocycles. The molecule has 1 fully saturated rings. The lowest BCUT2D eigenvalue weighted by Gasteiger charge is -2.26. The van der Waals surface area contributed by atoms with Crippen molar-refractivity contribution in [1.82, 2.24) is 4.90 Å². The molecular weight excluding hydrogens is 266 g/mol. The Morgan fingerprint density at radius 1 is 1.25 bits per heavy atom. The van der Waals surface area contributed by atoms with Crippen LogP contribution in [0.3, 0.4) is 0 Å². The highest BCUT2D eigenvalue weighted by molar-refractivity contribution is 5.99. The van der Waals surface area contributed by atoms with Gasteiger partial charge in [-0.3, -0.25) is 9.68 Å². The van der Waals surface area contributed by atoms with Crippen LogP contribution in [0.1, 0.15) is 33.6 Å². The molecule has 20 heavy (non-hydrogen) atoms. The summed E-state index contributed by atoms with van der Waals surface area (Å²) in [6.45, 7) is 5.82. The Hall–Kier alpha value is -1.63. The first kappa shape index (κ1) is 16.4. The second-order valence-corrected chi connectivity index (χ2v) is 5.59. The van der Waals surface area contributed by atoms with Crippen molar-refractivity contribution in [2.75, 3.05) is 20.2 Å². The van der Waals surface area contributed by atoms with Crippen LogP contribution in [0.4, 0.5) is 4.79 Å². The second kappa shape index (κ2) is 6.69. The summed E-state index contributed by atoms with van der Waals surface area (Å²) in [6.07, 6.45) is -0.172. The number of Topliss-reactive ketones (excluding diaryl/α,β-unsaturated/α-hetero) is 1. The van der Waals surface area contributed by atoms with Crippen LogP contribution in [0.15, 0.2) is 0 Å². The van der Waals surface area contributed by atoms with E-state index in [4.69, 9.17) is 4.74 Å². The highest BCUT2D eigenvalue weighted by Gasteiger charge is 2.34. The molecule has 1 aliphatic heterocycles. The lowest BCUT2D eigenvalue weighted by Crippen LogP contribution is -2.37. The third kappa shape index (κ3) is 4.80. The van der Waals surface area contributed by atoms with Crippen LogP contribution in [-0.2, 0) is 24.1 Å². The summed E-state index contributed by atoms with van der Waals surface area (Å²) in [5.74, 6) is -1.86. The van der Waals surface area contributed by atoms with Crippen molar-refractivity contribution >= 4 is 17.8 Å². The Morgan fingerprint density at radius 3 is 2.45 bits per heavy atom. The molecule has 1 unspecified atom stereocenters. The van der Waals surface area contributed by atoms with Crippen molar-refractivity contribution in [2.45, 2.75) is 39.2 Å². The normalized spacial score (nSPS) is 20.3. The summed E-state index contributed by atoms with van der Waals surface area (Å²) in [6, 6.07) is 0. The van der Waals surface area contributed by atoms with Crippen molar-refractivity contribution in [1.29, 1.82) is 0 Å². The van der Waals surface area contributed by atoms with Gasteiger partial charge in [0, 0.05) is 19.5 Å². The fraction of sp³-hybridized carbons (Fsp3) is 0.769. The van der Waals surface area contributed by atoms with E-state index in [1.165, 1.54) is 12.0 Å². The van der Waals surface area contributed by atoms with Gasteiger partial charge in [-0.05, 0) is 27.2 Å². The highest BCUT2D eigenvalue weighted by atomic mass is 17.2. The van der Waals surface area contributed by atoms with Gasteiger partial charge >= 0.3 is 12.1 Å². The van der Waals surface area contributed by atoms with Gasteiger partial charge in [0.1, 0.15) is 17.3 Å². The minimum Gasteiger partial charge on any atom is -0.444 e. The van der Waals surface area contributed by atoms with Gasteiger partial charge in [-0.2, -0.15) is 4.89 Å². The van der Waals surface area contributed by atoms with Crippen molar-refractivity contribution in [3.05, 3.63) is 0 Å². The summed E-state index contributed by atoms with van der Waals surface area (Å²) in [5.41, 5.74) is -0.595. The largest absolute Gasteiger partial charge is 0.444 e. The molecule has 1 amide bonds. The van der Waals surface area contributed by atoms with E-state index in [-0.39, 0.29) is 31.7 Å². The molecule has 7 nitrogen and oxygen atoms in total. The van der Waals surface area contributed by atoms with E-state index in [1.807, 2.05) is 0 Å². The topological polar surface area (TPSA) is 82.1 Å². The van der Waals surface area contributed by atoms with E-state index in [2.05, 4.69) is 9.78 Å². The first-order chi connectivity index (χ1) is 9.24. The zero-order valence-electron chi connectivity index (χ0n) is 12.3. The third-order valence-corrected chi connectivity index (χ3v) is 2.81. The van der Waals surface area contributed by atoms with Crippen LogP contribution in [0.2, 0.25) is 0 Å². The Labute approximate surface area is 118 Å². The summed E-state index contributed by atoms with van der Waals surface area (Å²) >= 11 is 0. The van der Waals surface area contributed by atoms with Gasteiger partial charge < -0.3 is 9.64 Å².